The van der Waals surface area contributed by atoms with Gasteiger partial charge in [0.2, 0.25) is 29.5 Å². The first-order chi connectivity index (χ1) is 32.6. The van der Waals surface area contributed by atoms with Gasteiger partial charge in [0.25, 0.3) is 5.91 Å². The van der Waals surface area contributed by atoms with Crippen molar-refractivity contribution in [1.29, 1.82) is 0 Å². The fraction of sp³-hybridized carbons (Fsp3) is 0.510. The first-order valence-electron chi connectivity index (χ1n) is 23.6. The molecule has 15 nitrogen and oxygen atoms in total. The second kappa shape index (κ2) is 19.6. The summed E-state index contributed by atoms with van der Waals surface area (Å²) < 4.78 is 52.7. The van der Waals surface area contributed by atoms with E-state index in [0.717, 1.165) is 105 Å². The molecule has 2 aromatic heterocycles. The van der Waals surface area contributed by atoms with Crippen LogP contribution in [0, 0.1) is 5.92 Å². The number of nitrogens with zero attached hydrogens (tertiary/aromatic N) is 3. The molecular formula is C49H56F2N5O10PS. The number of alkyl halides is 2. The third kappa shape index (κ3) is 10.1. The third-order valence-corrected chi connectivity index (χ3v) is 16.6. The standard InChI is InChI=1S/C49H56F2N5O10PS/c50-49(51,67(62,63)64)35-10-16-40-33(24-35)25-41(68-40)45(59)53-28-32-6-2-3-7-36-11-15-39(56(36)46(32)60)47(61)55-29-34(27-48(55)19-20-48)31-18-21-52-43(26-31)66-23-5-1-4-22-65-37-12-8-30(9-13-37)38-14-17-42(57)54-44(38)58/h8-10,12-13,16,18,21,24-26,32,34,36,38-39H,1-7,11,14-15,17,19-20,22-23,27-29H2,(H,53,59)(H,54,57,58)(H2,62,63,64)/t32?,34-,36-,38?,39-/m0/s1. The highest BCUT2D eigenvalue weighted by molar-refractivity contribution is 7.52. The predicted octanol–water partition coefficient (Wildman–Crippen LogP) is 7.50. The van der Waals surface area contributed by atoms with Gasteiger partial charge < -0.3 is 34.4 Å². The molecule has 2 unspecified atom stereocenters. The van der Waals surface area contributed by atoms with Gasteiger partial charge >= 0.3 is 13.3 Å². The molecule has 6 heterocycles. The van der Waals surface area contributed by atoms with E-state index in [1.165, 1.54) is 12.1 Å². The molecule has 4 aromatic rings. The highest BCUT2D eigenvalue weighted by Gasteiger charge is 2.58. The second-order valence-electron chi connectivity index (χ2n) is 19.0. The van der Waals surface area contributed by atoms with Gasteiger partial charge in [-0.25, -0.2) is 4.98 Å². The molecule has 1 saturated carbocycles. The number of unbranched alkanes of at least 4 members (excludes halogenated alkanes) is 2. The molecule has 1 aliphatic carbocycles. The molecule has 5 amide bonds. The van der Waals surface area contributed by atoms with E-state index >= 15 is 0 Å². The zero-order valence-corrected chi connectivity index (χ0v) is 39.3. The predicted molar refractivity (Wildman–Crippen MR) is 247 cm³/mol. The van der Waals surface area contributed by atoms with Gasteiger partial charge in [-0.3, -0.25) is 33.9 Å². The fourth-order valence-corrected chi connectivity index (χ4v) is 12.0. The van der Waals surface area contributed by atoms with E-state index < -0.39 is 36.7 Å². The van der Waals surface area contributed by atoms with Gasteiger partial charge in [-0.2, -0.15) is 8.78 Å². The molecule has 5 aliphatic rings. The number of hydrogen-bond acceptors (Lipinski definition) is 10. The molecule has 362 valence electrons. The van der Waals surface area contributed by atoms with Gasteiger partial charge in [0, 0.05) is 59.5 Å². The molecule has 68 heavy (non-hydrogen) atoms. The molecule has 5 fully saturated rings. The number of pyridine rings is 1. The number of amides is 5. The fourth-order valence-electron chi connectivity index (χ4n) is 10.6. The number of ether oxygens (including phenoxy) is 2. The zero-order valence-electron chi connectivity index (χ0n) is 37.6. The topological polar surface area (TPSA) is 205 Å². The number of benzene rings is 2. The number of carbonyl (C=O) groups is 5. The van der Waals surface area contributed by atoms with Crippen LogP contribution in [0.3, 0.4) is 0 Å². The third-order valence-electron chi connectivity index (χ3n) is 14.4. The molecule has 4 aliphatic heterocycles. The highest BCUT2D eigenvalue weighted by atomic mass is 32.1. The highest BCUT2D eigenvalue weighted by Crippen LogP contribution is 2.59. The van der Waals surface area contributed by atoms with Gasteiger partial charge in [-0.15, -0.1) is 11.3 Å². The van der Waals surface area contributed by atoms with Crippen LogP contribution >= 0.6 is 18.9 Å². The number of rotatable bonds is 16. The van der Waals surface area contributed by atoms with Crippen molar-refractivity contribution in [3.63, 3.8) is 0 Å². The quantitative estimate of drug-likeness (QED) is 0.0492. The summed E-state index contributed by atoms with van der Waals surface area (Å²) in [6, 6.07) is 15.4. The molecule has 2 aromatic carbocycles. The van der Waals surface area contributed by atoms with Crippen molar-refractivity contribution >= 4 is 58.6 Å². The smallest absolute Gasteiger partial charge is 0.399 e. The molecule has 9 rings (SSSR count). The summed E-state index contributed by atoms with van der Waals surface area (Å²) in [6.45, 7) is 1.61. The van der Waals surface area contributed by atoms with Crippen molar-refractivity contribution < 1.29 is 56.6 Å². The Morgan fingerprint density at radius 1 is 0.912 bits per heavy atom. The second-order valence-corrected chi connectivity index (χ2v) is 21.7. The molecule has 0 bridgehead atoms. The van der Waals surface area contributed by atoms with Crippen LogP contribution in [0.1, 0.15) is 128 Å². The molecule has 19 heteroatoms. The van der Waals surface area contributed by atoms with Crippen LogP contribution in [-0.4, -0.2) is 98.0 Å². The summed E-state index contributed by atoms with van der Waals surface area (Å²) in [7, 11) is -5.77. The first-order valence-corrected chi connectivity index (χ1v) is 26.1. The Labute approximate surface area is 396 Å². The summed E-state index contributed by atoms with van der Waals surface area (Å²) in [5.74, 6) is -0.672. The number of fused-ring (bicyclic) bond motifs is 2. The van der Waals surface area contributed by atoms with Gasteiger partial charge in [-0.1, -0.05) is 31.0 Å². The lowest BCUT2D eigenvalue weighted by Crippen LogP contribution is -2.54. The number of piperidine rings is 1. The maximum atomic E-state index is 14.7. The van der Waals surface area contributed by atoms with Crippen LogP contribution in [0.2, 0.25) is 0 Å². The summed E-state index contributed by atoms with van der Waals surface area (Å²) in [5.41, 5.74) is -3.54. The monoisotopic (exact) mass is 975 g/mol. The van der Waals surface area contributed by atoms with E-state index in [4.69, 9.17) is 9.47 Å². The Morgan fingerprint density at radius 3 is 2.43 bits per heavy atom. The van der Waals surface area contributed by atoms with E-state index in [2.05, 4.69) is 15.6 Å². The minimum atomic E-state index is -5.77. The van der Waals surface area contributed by atoms with Crippen molar-refractivity contribution in [2.45, 2.75) is 125 Å². The lowest BCUT2D eigenvalue weighted by atomic mass is 9.90. The van der Waals surface area contributed by atoms with E-state index in [0.29, 0.717) is 56.0 Å². The van der Waals surface area contributed by atoms with Crippen LogP contribution in [0.4, 0.5) is 8.78 Å². The number of aromatic nitrogens is 1. The van der Waals surface area contributed by atoms with Crippen molar-refractivity contribution in [1.82, 2.24) is 25.4 Å². The van der Waals surface area contributed by atoms with E-state index in [1.807, 2.05) is 46.2 Å². The minimum Gasteiger partial charge on any atom is -0.494 e. The first kappa shape index (κ1) is 47.8. The normalized spacial score (nSPS) is 23.8. The summed E-state index contributed by atoms with van der Waals surface area (Å²) in [6.07, 6.45) is 12.1. The molecule has 1 spiro atoms. The number of likely N-dealkylation sites (tertiary alicyclic amines) is 1. The average Bonchev–Trinajstić information content (AvgIpc) is 3.59. The summed E-state index contributed by atoms with van der Waals surface area (Å²) >= 11 is 1.05. The van der Waals surface area contributed by atoms with E-state index in [1.54, 1.807) is 6.20 Å². The molecule has 4 N–H and O–H groups in total. The number of nitrogens with one attached hydrogen (secondary N) is 2. The van der Waals surface area contributed by atoms with Crippen LogP contribution in [0.25, 0.3) is 10.1 Å². The van der Waals surface area contributed by atoms with E-state index in [9.17, 15) is 47.1 Å². The zero-order chi connectivity index (χ0) is 47.8. The number of thiophene rings is 1. The Kier molecular flexibility index (Phi) is 13.8. The van der Waals surface area contributed by atoms with Crippen molar-refractivity contribution in [2.75, 3.05) is 26.3 Å². The van der Waals surface area contributed by atoms with Crippen LogP contribution < -0.4 is 20.1 Å². The number of halogens is 2. The lowest BCUT2D eigenvalue weighted by molar-refractivity contribution is -0.149. The van der Waals surface area contributed by atoms with Gasteiger partial charge in [0.1, 0.15) is 11.8 Å². The van der Waals surface area contributed by atoms with Crippen LogP contribution in [-0.2, 0) is 29.4 Å². The SMILES string of the molecule is O=C1CCC(c2ccc(OCCCCCOc3cc([C@@H]4CN(C(=O)[C@@H]5CC[C@@H]6CCCCC(CNC(=O)c7cc8cc(C(F)(F)P(=O)(O)O)ccc8s7)C(=O)N65)C5(CC5)C4)ccn3)cc2)C(=O)N1. The van der Waals surface area contributed by atoms with E-state index in [-0.39, 0.29) is 63.9 Å². The van der Waals surface area contributed by atoms with Gasteiger partial charge in [-0.05, 0) is 124 Å². The molecule has 5 atom stereocenters. The molecule has 0 radical (unpaired) electrons. The van der Waals surface area contributed by atoms with Gasteiger partial charge in [0.05, 0.1) is 29.9 Å². The molecular weight excluding hydrogens is 920 g/mol. The largest absolute Gasteiger partial charge is 0.494 e. The average molecular weight is 976 g/mol. The lowest BCUT2D eigenvalue weighted by Gasteiger charge is -2.37. The number of carbonyl (C=O) groups excluding carboxylic acids is 5. The Bertz CT molecular complexity index is 2620. The Balaban J connectivity index is 0.757. The summed E-state index contributed by atoms with van der Waals surface area (Å²) in [4.78, 5) is 93.0. The Hall–Kier alpha value is -5.29. The van der Waals surface area contributed by atoms with Crippen LogP contribution in [0.15, 0.2) is 66.9 Å². The van der Waals surface area contributed by atoms with Crippen molar-refractivity contribution in [3.05, 3.63) is 88.4 Å². The van der Waals surface area contributed by atoms with Gasteiger partial charge in [0.15, 0.2) is 0 Å². The Morgan fingerprint density at radius 2 is 1.68 bits per heavy atom. The maximum Gasteiger partial charge on any atom is 0.399 e. The molecule has 4 saturated heterocycles. The summed E-state index contributed by atoms with van der Waals surface area (Å²) in [5, 5.41) is 5.51. The van der Waals surface area contributed by atoms with Crippen LogP contribution in [0.5, 0.6) is 11.6 Å². The number of imide groups is 1. The minimum absolute atomic E-state index is 0.0167. The van der Waals surface area contributed by atoms with Crippen molar-refractivity contribution in [2.24, 2.45) is 5.92 Å². The maximum absolute atomic E-state index is 14.7. The number of hydrogen-bond donors (Lipinski definition) is 4. The van der Waals surface area contributed by atoms with Crippen molar-refractivity contribution in [3.8, 4) is 11.6 Å².